The zero-order chi connectivity index (χ0) is 23.6. The van der Waals surface area contributed by atoms with Gasteiger partial charge in [0, 0.05) is 0 Å². The van der Waals surface area contributed by atoms with Gasteiger partial charge < -0.3 is 0 Å². The van der Waals surface area contributed by atoms with Crippen LogP contribution in [-0.2, 0) is 0 Å². The first-order chi connectivity index (χ1) is 15.7. The molecule has 0 bridgehead atoms. The molecule has 0 aliphatic rings. The highest BCUT2D eigenvalue weighted by Crippen LogP contribution is 2.38. The zero-order valence-corrected chi connectivity index (χ0v) is 23.5. The minimum Gasteiger partial charge on any atom is -0.232 e. The van der Waals surface area contributed by atoms with Crippen molar-refractivity contribution in [3.8, 4) is 0 Å². The Morgan fingerprint density at radius 1 is 0.406 bits per heavy atom. The van der Waals surface area contributed by atoms with E-state index < -0.39 is 5.00 Å². The van der Waals surface area contributed by atoms with Crippen molar-refractivity contribution in [2.24, 2.45) is 0 Å². The predicted octanol–water partition coefficient (Wildman–Crippen LogP) is 12.2. The highest BCUT2D eigenvalue weighted by atomic mass is 32.2. The molecule has 0 nitrogen and oxygen atoms in total. The van der Waals surface area contributed by atoms with Gasteiger partial charge in [-0.15, -0.1) is 11.8 Å². The molecule has 0 amide bonds. The van der Waals surface area contributed by atoms with Crippen LogP contribution in [0.5, 0.6) is 0 Å². The number of halogens is 1. The number of rotatable bonds is 27. The average Bonchev–Trinajstić information content (AvgIpc) is 2.79. The molecule has 0 aliphatic heterocycles. The first kappa shape index (κ1) is 32.3. The van der Waals surface area contributed by atoms with Crippen LogP contribution in [0, 0.1) is 0 Å². The Kier molecular flexibility index (Phi) is 26.1. The van der Waals surface area contributed by atoms with Crippen molar-refractivity contribution in [1.29, 1.82) is 0 Å². The lowest BCUT2D eigenvalue weighted by molar-refractivity contribution is 0.238. The van der Waals surface area contributed by atoms with Crippen LogP contribution in [0.1, 0.15) is 181 Å². The normalized spacial score (nSPS) is 13.5. The van der Waals surface area contributed by atoms with Crippen molar-refractivity contribution in [1.82, 2.24) is 0 Å². The van der Waals surface area contributed by atoms with Gasteiger partial charge in [0.1, 0.15) is 0 Å². The molecule has 0 heterocycles. The molecule has 0 N–H and O–H groups in total. The Bertz CT molecular complexity index is 346. The molecule has 0 saturated heterocycles. The zero-order valence-electron chi connectivity index (χ0n) is 22.7. The van der Waals surface area contributed by atoms with Crippen LogP contribution >= 0.6 is 11.8 Å². The second kappa shape index (κ2) is 25.9. The van der Waals surface area contributed by atoms with E-state index in [2.05, 4.69) is 20.8 Å². The lowest BCUT2D eigenvalue weighted by atomic mass is 10.0. The van der Waals surface area contributed by atoms with Gasteiger partial charge in [-0.2, -0.15) is 0 Å². The Morgan fingerprint density at radius 2 is 0.688 bits per heavy atom. The fraction of sp³-hybridized carbons (Fsp3) is 1.00. The van der Waals surface area contributed by atoms with Crippen LogP contribution in [-0.4, -0.2) is 10.8 Å². The molecule has 0 rings (SSSR count). The fourth-order valence-corrected chi connectivity index (χ4v) is 5.92. The summed E-state index contributed by atoms with van der Waals surface area (Å²) in [6, 6.07) is 0. The minimum absolute atomic E-state index is 0.783. The molecule has 0 aromatic heterocycles. The summed E-state index contributed by atoms with van der Waals surface area (Å²) in [5.74, 6) is 1.02. The van der Waals surface area contributed by atoms with E-state index in [0.717, 1.165) is 31.4 Å². The van der Waals surface area contributed by atoms with Crippen molar-refractivity contribution in [3.63, 3.8) is 0 Å². The van der Waals surface area contributed by atoms with Crippen molar-refractivity contribution in [2.45, 2.75) is 186 Å². The SMILES string of the molecule is CCCCCCCCCCCCCCCC(F)(CCCCCC)SCCCCCCCC. The topological polar surface area (TPSA) is 0 Å². The third kappa shape index (κ3) is 23.4. The molecule has 0 spiro atoms. The van der Waals surface area contributed by atoms with Crippen LogP contribution in [0.2, 0.25) is 0 Å². The number of thioether (sulfide) groups is 1. The third-order valence-corrected chi connectivity index (χ3v) is 8.33. The molecule has 2 heteroatoms. The number of hydrogen-bond donors (Lipinski definition) is 0. The smallest absolute Gasteiger partial charge is 0.156 e. The molecule has 0 radical (unpaired) electrons. The average molecular weight is 473 g/mol. The first-order valence-electron chi connectivity index (χ1n) is 15.0. The largest absolute Gasteiger partial charge is 0.232 e. The molecule has 0 aromatic rings. The fourth-order valence-electron chi connectivity index (χ4n) is 4.63. The summed E-state index contributed by atoms with van der Waals surface area (Å²) in [4.78, 5) is 0. The predicted molar refractivity (Wildman–Crippen MR) is 149 cm³/mol. The van der Waals surface area contributed by atoms with Gasteiger partial charge >= 0.3 is 0 Å². The summed E-state index contributed by atoms with van der Waals surface area (Å²) in [6.45, 7) is 6.79. The molecule has 32 heavy (non-hydrogen) atoms. The monoisotopic (exact) mass is 472 g/mol. The quantitative estimate of drug-likeness (QED) is 0.107. The highest BCUT2D eigenvalue weighted by molar-refractivity contribution is 8.00. The van der Waals surface area contributed by atoms with Gasteiger partial charge in [-0.05, 0) is 37.9 Å². The summed E-state index contributed by atoms with van der Waals surface area (Å²) < 4.78 is 15.6. The van der Waals surface area contributed by atoms with E-state index in [1.165, 1.54) is 135 Å². The maximum atomic E-state index is 15.6. The maximum absolute atomic E-state index is 15.6. The molecule has 0 aliphatic carbocycles. The summed E-state index contributed by atoms with van der Waals surface area (Å²) in [5.41, 5.74) is 0. The van der Waals surface area contributed by atoms with Crippen molar-refractivity contribution in [3.05, 3.63) is 0 Å². The number of unbranched alkanes of at least 4 members (excludes halogenated alkanes) is 20. The van der Waals surface area contributed by atoms with Crippen molar-refractivity contribution < 1.29 is 4.39 Å². The van der Waals surface area contributed by atoms with E-state index in [1.54, 1.807) is 11.8 Å². The summed E-state index contributed by atoms with van der Waals surface area (Å²) in [7, 11) is 0. The lowest BCUT2D eigenvalue weighted by Crippen LogP contribution is -2.19. The highest BCUT2D eigenvalue weighted by Gasteiger charge is 2.28. The van der Waals surface area contributed by atoms with E-state index in [9.17, 15) is 0 Å². The second-order valence-electron chi connectivity index (χ2n) is 10.3. The van der Waals surface area contributed by atoms with E-state index in [-0.39, 0.29) is 0 Å². The Hall–Kier alpha value is 0.280. The number of alkyl halides is 1. The molecule has 0 saturated carbocycles. The van der Waals surface area contributed by atoms with Crippen molar-refractivity contribution >= 4 is 11.8 Å². The van der Waals surface area contributed by atoms with Gasteiger partial charge in [-0.3, -0.25) is 0 Å². The maximum Gasteiger partial charge on any atom is 0.156 e. The van der Waals surface area contributed by atoms with Gasteiger partial charge in [0.05, 0.1) is 0 Å². The molecule has 194 valence electrons. The summed E-state index contributed by atoms with van der Waals surface area (Å²) in [5, 5.41) is -0.949. The number of hydrogen-bond acceptors (Lipinski definition) is 1. The Labute approximate surface area is 208 Å². The van der Waals surface area contributed by atoms with Crippen LogP contribution in [0.25, 0.3) is 0 Å². The summed E-state index contributed by atoms with van der Waals surface area (Å²) >= 11 is 1.66. The van der Waals surface area contributed by atoms with Gasteiger partial charge in [0.2, 0.25) is 0 Å². The van der Waals surface area contributed by atoms with E-state index in [1.807, 2.05) is 0 Å². The van der Waals surface area contributed by atoms with Crippen LogP contribution in [0.3, 0.4) is 0 Å². The molecule has 0 aromatic carbocycles. The molecular weight excluding hydrogens is 411 g/mol. The summed E-state index contributed by atoms with van der Waals surface area (Å²) in [6.07, 6.45) is 31.9. The van der Waals surface area contributed by atoms with E-state index in [0.29, 0.717) is 0 Å². The van der Waals surface area contributed by atoms with Crippen LogP contribution in [0.15, 0.2) is 0 Å². The Balaban J connectivity index is 3.81. The van der Waals surface area contributed by atoms with Gasteiger partial charge in [0.15, 0.2) is 5.00 Å². The third-order valence-electron chi connectivity index (χ3n) is 6.92. The van der Waals surface area contributed by atoms with E-state index >= 15 is 4.39 Å². The standard InChI is InChI=1S/C30H61FS/c1-4-7-10-13-15-16-17-18-19-20-21-22-25-28-30(31,27-24-12-9-6-3)32-29-26-23-14-11-8-5-2/h4-29H2,1-3H3. The minimum atomic E-state index is -0.949. The van der Waals surface area contributed by atoms with E-state index in [4.69, 9.17) is 0 Å². The first-order valence-corrected chi connectivity index (χ1v) is 16.0. The Morgan fingerprint density at radius 3 is 1.06 bits per heavy atom. The van der Waals surface area contributed by atoms with Crippen LogP contribution in [0.4, 0.5) is 4.39 Å². The molecule has 1 atom stereocenters. The van der Waals surface area contributed by atoms with Gasteiger partial charge in [0.25, 0.3) is 0 Å². The van der Waals surface area contributed by atoms with Crippen molar-refractivity contribution in [2.75, 3.05) is 5.75 Å². The lowest BCUT2D eigenvalue weighted by Gasteiger charge is -2.25. The van der Waals surface area contributed by atoms with Gasteiger partial charge in [-0.25, -0.2) is 4.39 Å². The molecule has 0 fully saturated rings. The second-order valence-corrected chi connectivity index (χ2v) is 11.7. The molecular formula is C30H61FS. The molecule has 1 unspecified atom stereocenters. The van der Waals surface area contributed by atoms with Crippen LogP contribution < -0.4 is 0 Å². The van der Waals surface area contributed by atoms with Gasteiger partial charge in [-0.1, -0.05) is 149 Å².